The van der Waals surface area contributed by atoms with Gasteiger partial charge in [0.15, 0.2) is 0 Å². The first-order valence-electron chi connectivity index (χ1n) is 6.66. The van der Waals surface area contributed by atoms with Gasteiger partial charge in [-0.05, 0) is 55.1 Å². The fourth-order valence-corrected chi connectivity index (χ4v) is 1.81. The Morgan fingerprint density at radius 3 is 2.20 bits per heavy atom. The molecular weight excluding hydrogens is 248 g/mol. The van der Waals surface area contributed by atoms with Gasteiger partial charge in [0.05, 0.1) is 7.11 Å². The number of benzene rings is 2. The van der Waals surface area contributed by atoms with Gasteiger partial charge in [-0.2, -0.15) is 0 Å². The maximum Gasteiger partial charge on any atom is 0.118 e. The summed E-state index contributed by atoms with van der Waals surface area (Å²) in [5, 5.41) is 6.58. The van der Waals surface area contributed by atoms with Crippen LogP contribution in [0.15, 0.2) is 60.8 Å². The molecule has 0 saturated heterocycles. The van der Waals surface area contributed by atoms with Gasteiger partial charge in [-0.15, -0.1) is 0 Å². The summed E-state index contributed by atoms with van der Waals surface area (Å²) in [5.74, 6) is 0.883. The SMILES string of the molecule is C/C=C/Nc1ccc(NCc2ccc(OC)cc2)cc1. The minimum atomic E-state index is 0.797. The molecule has 0 radical (unpaired) electrons. The van der Waals surface area contributed by atoms with Gasteiger partial charge in [-0.25, -0.2) is 0 Å². The second kappa shape index (κ2) is 7.24. The average molecular weight is 268 g/mol. The highest BCUT2D eigenvalue weighted by molar-refractivity contribution is 5.54. The van der Waals surface area contributed by atoms with Crippen LogP contribution >= 0.6 is 0 Å². The van der Waals surface area contributed by atoms with E-state index < -0.39 is 0 Å². The molecule has 20 heavy (non-hydrogen) atoms. The van der Waals surface area contributed by atoms with E-state index in [1.54, 1.807) is 7.11 Å². The van der Waals surface area contributed by atoms with Crippen LogP contribution in [-0.4, -0.2) is 7.11 Å². The lowest BCUT2D eigenvalue weighted by molar-refractivity contribution is 0.414. The summed E-state index contributed by atoms with van der Waals surface area (Å²) < 4.78 is 5.14. The normalized spacial score (nSPS) is 10.5. The summed E-state index contributed by atoms with van der Waals surface area (Å²) in [7, 11) is 1.68. The summed E-state index contributed by atoms with van der Waals surface area (Å²) in [4.78, 5) is 0. The van der Waals surface area contributed by atoms with Crippen LogP contribution in [0, 0.1) is 0 Å². The molecule has 2 aromatic carbocycles. The van der Waals surface area contributed by atoms with Crippen molar-refractivity contribution in [3.8, 4) is 5.75 Å². The first-order valence-corrected chi connectivity index (χ1v) is 6.66. The van der Waals surface area contributed by atoms with Crippen molar-refractivity contribution in [3.63, 3.8) is 0 Å². The summed E-state index contributed by atoms with van der Waals surface area (Å²) >= 11 is 0. The fraction of sp³-hybridized carbons (Fsp3) is 0.176. The molecule has 2 N–H and O–H groups in total. The van der Waals surface area contributed by atoms with Crippen LogP contribution in [0.1, 0.15) is 12.5 Å². The van der Waals surface area contributed by atoms with Crippen molar-refractivity contribution in [3.05, 3.63) is 66.4 Å². The van der Waals surface area contributed by atoms with Crippen molar-refractivity contribution in [2.24, 2.45) is 0 Å². The van der Waals surface area contributed by atoms with Gasteiger partial charge >= 0.3 is 0 Å². The van der Waals surface area contributed by atoms with Crippen LogP contribution in [0.4, 0.5) is 11.4 Å². The van der Waals surface area contributed by atoms with Gasteiger partial charge in [0.1, 0.15) is 5.75 Å². The number of anilines is 2. The van der Waals surface area contributed by atoms with Crippen molar-refractivity contribution in [1.29, 1.82) is 0 Å². The molecule has 0 aliphatic heterocycles. The van der Waals surface area contributed by atoms with E-state index in [0.29, 0.717) is 0 Å². The highest BCUT2D eigenvalue weighted by Gasteiger charge is 1.96. The van der Waals surface area contributed by atoms with Crippen molar-refractivity contribution >= 4 is 11.4 Å². The van der Waals surface area contributed by atoms with E-state index in [9.17, 15) is 0 Å². The molecule has 2 aromatic rings. The molecule has 0 heterocycles. The van der Waals surface area contributed by atoms with E-state index >= 15 is 0 Å². The maximum atomic E-state index is 5.14. The van der Waals surface area contributed by atoms with E-state index in [0.717, 1.165) is 23.7 Å². The van der Waals surface area contributed by atoms with E-state index in [-0.39, 0.29) is 0 Å². The molecule has 0 atom stereocenters. The maximum absolute atomic E-state index is 5.14. The summed E-state index contributed by atoms with van der Waals surface area (Å²) in [6.07, 6.45) is 3.88. The number of nitrogens with one attached hydrogen (secondary N) is 2. The molecule has 0 aromatic heterocycles. The predicted octanol–water partition coefficient (Wildman–Crippen LogP) is 4.25. The number of hydrogen-bond donors (Lipinski definition) is 2. The van der Waals surface area contributed by atoms with E-state index in [1.165, 1.54) is 5.56 Å². The Morgan fingerprint density at radius 1 is 0.950 bits per heavy atom. The number of methoxy groups -OCH3 is 1. The van der Waals surface area contributed by atoms with Gasteiger partial charge in [0.2, 0.25) is 0 Å². The Bertz CT molecular complexity index is 544. The second-order valence-corrected chi connectivity index (χ2v) is 4.42. The number of allylic oxidation sites excluding steroid dienone is 1. The quantitative estimate of drug-likeness (QED) is 0.821. The van der Waals surface area contributed by atoms with Gasteiger partial charge in [0, 0.05) is 17.9 Å². The molecule has 3 nitrogen and oxygen atoms in total. The van der Waals surface area contributed by atoms with Crippen LogP contribution in [0.5, 0.6) is 5.75 Å². The third-order valence-electron chi connectivity index (χ3n) is 2.96. The van der Waals surface area contributed by atoms with Crippen LogP contribution < -0.4 is 15.4 Å². The van der Waals surface area contributed by atoms with Gasteiger partial charge in [-0.1, -0.05) is 18.2 Å². The third kappa shape index (κ3) is 4.05. The number of ether oxygens (including phenoxy) is 1. The predicted molar refractivity (Wildman–Crippen MR) is 85.2 cm³/mol. The zero-order valence-electron chi connectivity index (χ0n) is 11.9. The highest BCUT2D eigenvalue weighted by atomic mass is 16.5. The minimum absolute atomic E-state index is 0.797. The third-order valence-corrected chi connectivity index (χ3v) is 2.96. The second-order valence-electron chi connectivity index (χ2n) is 4.42. The molecule has 0 spiro atoms. The fourth-order valence-electron chi connectivity index (χ4n) is 1.81. The standard InChI is InChI=1S/C17H20N2O/c1-3-12-18-15-6-8-16(9-7-15)19-13-14-4-10-17(20-2)11-5-14/h3-12,18-19H,13H2,1-2H3/b12-3+. The molecule has 3 heteroatoms. The summed E-state index contributed by atoms with van der Waals surface area (Å²) in [6, 6.07) is 16.3. The first-order chi connectivity index (χ1) is 9.81. The topological polar surface area (TPSA) is 33.3 Å². The van der Waals surface area contributed by atoms with Crippen molar-refractivity contribution in [1.82, 2.24) is 0 Å². The molecule has 0 unspecified atom stereocenters. The van der Waals surface area contributed by atoms with Gasteiger partial charge < -0.3 is 15.4 Å². The highest BCUT2D eigenvalue weighted by Crippen LogP contribution is 2.16. The largest absolute Gasteiger partial charge is 0.497 e. The van der Waals surface area contributed by atoms with E-state index in [1.807, 2.05) is 31.3 Å². The minimum Gasteiger partial charge on any atom is -0.497 e. The summed E-state index contributed by atoms with van der Waals surface area (Å²) in [6.45, 7) is 2.78. The van der Waals surface area contributed by atoms with Crippen molar-refractivity contribution in [2.45, 2.75) is 13.5 Å². The molecule has 0 bridgehead atoms. The van der Waals surface area contributed by atoms with Crippen LogP contribution in [0.2, 0.25) is 0 Å². The van der Waals surface area contributed by atoms with E-state index in [4.69, 9.17) is 4.74 Å². The van der Waals surface area contributed by atoms with Crippen LogP contribution in [0.3, 0.4) is 0 Å². The zero-order chi connectivity index (χ0) is 14.2. The van der Waals surface area contributed by atoms with Crippen LogP contribution in [0.25, 0.3) is 0 Å². The molecular formula is C17H20N2O. The number of rotatable bonds is 6. The Morgan fingerprint density at radius 2 is 1.60 bits per heavy atom. The van der Waals surface area contributed by atoms with Crippen molar-refractivity contribution < 1.29 is 4.74 Å². The number of hydrogen-bond acceptors (Lipinski definition) is 3. The van der Waals surface area contributed by atoms with Crippen LogP contribution in [-0.2, 0) is 6.54 Å². The smallest absolute Gasteiger partial charge is 0.118 e. The lowest BCUT2D eigenvalue weighted by atomic mass is 10.2. The lowest BCUT2D eigenvalue weighted by Gasteiger charge is -2.08. The molecule has 0 saturated carbocycles. The monoisotopic (exact) mass is 268 g/mol. The molecule has 2 rings (SSSR count). The molecule has 104 valence electrons. The van der Waals surface area contributed by atoms with Gasteiger partial charge in [-0.3, -0.25) is 0 Å². The molecule has 0 fully saturated rings. The first kappa shape index (κ1) is 14.0. The molecule has 0 amide bonds. The Kier molecular flexibility index (Phi) is 5.07. The van der Waals surface area contributed by atoms with Crippen molar-refractivity contribution in [2.75, 3.05) is 17.7 Å². The van der Waals surface area contributed by atoms with Gasteiger partial charge in [0.25, 0.3) is 0 Å². The zero-order valence-corrected chi connectivity index (χ0v) is 11.9. The Labute approximate surface area is 120 Å². The molecule has 0 aliphatic rings. The van der Waals surface area contributed by atoms with E-state index in [2.05, 4.69) is 47.0 Å². The lowest BCUT2D eigenvalue weighted by Crippen LogP contribution is -1.99. The molecule has 0 aliphatic carbocycles. The summed E-state index contributed by atoms with van der Waals surface area (Å²) in [5.41, 5.74) is 3.41. The Hall–Kier alpha value is -2.42. The average Bonchev–Trinajstić information content (AvgIpc) is 2.52. The Balaban J connectivity index is 1.89.